The Kier molecular flexibility index (Phi) is 7.45. The van der Waals surface area contributed by atoms with E-state index in [9.17, 15) is 14.4 Å². The number of benzene rings is 1. The van der Waals surface area contributed by atoms with Crippen LogP contribution < -0.4 is 10.1 Å². The Bertz CT molecular complexity index is 858. The molecule has 0 bridgehead atoms. The average molecular weight is 410 g/mol. The molecule has 0 saturated carbocycles. The number of rotatable bonds is 8. The van der Waals surface area contributed by atoms with Gasteiger partial charge in [0.05, 0.1) is 13.2 Å². The lowest BCUT2D eigenvalue weighted by molar-refractivity contribution is -0.118. The van der Waals surface area contributed by atoms with Gasteiger partial charge < -0.3 is 18.6 Å². The predicted molar refractivity (Wildman–Crippen MR) is 101 cm³/mol. The topological polar surface area (TPSA) is 104 Å². The van der Waals surface area contributed by atoms with Crippen LogP contribution in [0.15, 0.2) is 28.7 Å². The molecule has 8 nitrogen and oxygen atoms in total. The Hall–Kier alpha value is -3.00. The summed E-state index contributed by atoms with van der Waals surface area (Å²) in [6, 6.07) is 6.45. The highest BCUT2D eigenvalue weighted by molar-refractivity contribution is 6.30. The van der Waals surface area contributed by atoms with E-state index in [1.807, 2.05) is 0 Å². The Balaban J connectivity index is 2.19. The van der Waals surface area contributed by atoms with Gasteiger partial charge in [-0.1, -0.05) is 11.6 Å². The molecule has 1 aromatic carbocycles. The molecule has 0 fully saturated rings. The van der Waals surface area contributed by atoms with Crippen LogP contribution in [-0.2, 0) is 14.3 Å². The summed E-state index contributed by atoms with van der Waals surface area (Å²) in [5, 5.41) is 2.96. The van der Waals surface area contributed by atoms with E-state index in [1.54, 1.807) is 38.1 Å². The van der Waals surface area contributed by atoms with Crippen molar-refractivity contribution < 1.29 is 33.0 Å². The molecule has 0 aliphatic heterocycles. The van der Waals surface area contributed by atoms with Crippen molar-refractivity contribution in [3.05, 3.63) is 46.2 Å². The number of anilines is 1. The number of furan rings is 1. The van der Waals surface area contributed by atoms with Crippen LogP contribution in [0.2, 0.25) is 5.02 Å². The van der Waals surface area contributed by atoms with Gasteiger partial charge in [-0.2, -0.15) is 0 Å². The predicted octanol–water partition coefficient (Wildman–Crippen LogP) is 3.61. The summed E-state index contributed by atoms with van der Waals surface area (Å²) < 4.78 is 20.7. The zero-order chi connectivity index (χ0) is 20.7. The van der Waals surface area contributed by atoms with Gasteiger partial charge in [-0.3, -0.25) is 10.1 Å². The van der Waals surface area contributed by atoms with Crippen LogP contribution in [-0.4, -0.2) is 37.7 Å². The third-order valence-electron chi connectivity index (χ3n) is 3.48. The van der Waals surface area contributed by atoms with Gasteiger partial charge in [-0.25, -0.2) is 9.59 Å². The first-order chi connectivity index (χ1) is 13.4. The standard InChI is InChI=1S/C19H20ClNO7/c1-4-25-18(23)15-11(3)28-17(16(15)19(24)26-5-2)21-14(22)10-27-13-8-6-12(20)7-9-13/h6-9H,4-5,10H2,1-3H3,(H,21,22). The van der Waals surface area contributed by atoms with E-state index in [0.29, 0.717) is 10.8 Å². The zero-order valence-electron chi connectivity index (χ0n) is 15.7. The zero-order valence-corrected chi connectivity index (χ0v) is 16.4. The van der Waals surface area contributed by atoms with E-state index in [4.69, 9.17) is 30.2 Å². The van der Waals surface area contributed by atoms with Crippen molar-refractivity contribution in [1.82, 2.24) is 0 Å². The molecule has 1 N–H and O–H groups in total. The lowest BCUT2D eigenvalue weighted by Crippen LogP contribution is -2.22. The van der Waals surface area contributed by atoms with Crippen LogP contribution in [0.3, 0.4) is 0 Å². The maximum Gasteiger partial charge on any atom is 0.344 e. The number of nitrogens with one attached hydrogen (secondary N) is 1. The Morgan fingerprint density at radius 3 is 2.14 bits per heavy atom. The monoisotopic (exact) mass is 409 g/mol. The highest BCUT2D eigenvalue weighted by Gasteiger charge is 2.31. The average Bonchev–Trinajstić information content (AvgIpc) is 2.97. The van der Waals surface area contributed by atoms with Crippen molar-refractivity contribution in [3.63, 3.8) is 0 Å². The van der Waals surface area contributed by atoms with Crippen LogP contribution >= 0.6 is 11.6 Å². The number of carbonyl (C=O) groups excluding carboxylic acids is 3. The number of aryl methyl sites for hydroxylation is 1. The molecule has 1 aromatic heterocycles. The fraction of sp³-hybridized carbons (Fsp3) is 0.316. The molecule has 0 spiro atoms. The molecule has 2 aromatic rings. The van der Waals surface area contributed by atoms with Crippen LogP contribution in [0, 0.1) is 6.92 Å². The Morgan fingerprint density at radius 2 is 1.57 bits per heavy atom. The quantitative estimate of drug-likeness (QED) is 0.664. The normalized spacial score (nSPS) is 10.3. The summed E-state index contributed by atoms with van der Waals surface area (Å²) in [5.74, 6) is -1.79. The van der Waals surface area contributed by atoms with Crippen LogP contribution in [0.5, 0.6) is 5.75 Å². The van der Waals surface area contributed by atoms with E-state index in [2.05, 4.69) is 5.32 Å². The summed E-state index contributed by atoms with van der Waals surface area (Å²) in [5.41, 5.74) is -0.285. The number of halogens is 1. The molecule has 0 aliphatic rings. The largest absolute Gasteiger partial charge is 0.484 e. The summed E-state index contributed by atoms with van der Waals surface area (Å²) in [7, 11) is 0. The molecular formula is C19H20ClNO7. The first-order valence-corrected chi connectivity index (χ1v) is 8.91. The molecule has 150 valence electrons. The molecule has 0 aliphatic carbocycles. The third-order valence-corrected chi connectivity index (χ3v) is 3.73. The van der Waals surface area contributed by atoms with Crippen molar-refractivity contribution in [1.29, 1.82) is 0 Å². The Morgan fingerprint density at radius 1 is 1.00 bits per heavy atom. The summed E-state index contributed by atoms with van der Waals surface area (Å²) in [4.78, 5) is 36.7. The highest BCUT2D eigenvalue weighted by Crippen LogP contribution is 2.29. The molecule has 0 unspecified atom stereocenters. The summed E-state index contributed by atoms with van der Waals surface area (Å²) >= 11 is 5.79. The van der Waals surface area contributed by atoms with E-state index < -0.39 is 17.8 Å². The molecule has 0 radical (unpaired) electrons. The lowest BCUT2D eigenvalue weighted by Gasteiger charge is -2.08. The Labute approximate surface area is 166 Å². The maximum absolute atomic E-state index is 12.3. The fourth-order valence-corrected chi connectivity index (χ4v) is 2.45. The van der Waals surface area contributed by atoms with Gasteiger partial charge in [0.1, 0.15) is 22.6 Å². The van der Waals surface area contributed by atoms with E-state index in [1.165, 1.54) is 6.92 Å². The molecule has 1 amide bonds. The second-order valence-electron chi connectivity index (χ2n) is 5.47. The summed E-state index contributed by atoms with van der Waals surface area (Å²) in [6.45, 7) is 4.58. The van der Waals surface area contributed by atoms with Crippen molar-refractivity contribution in [2.75, 3.05) is 25.1 Å². The molecular weight excluding hydrogens is 390 g/mol. The van der Waals surface area contributed by atoms with Crippen LogP contribution in [0.25, 0.3) is 0 Å². The van der Waals surface area contributed by atoms with Crippen LogP contribution in [0.4, 0.5) is 5.88 Å². The highest BCUT2D eigenvalue weighted by atomic mass is 35.5. The summed E-state index contributed by atoms with van der Waals surface area (Å²) in [6.07, 6.45) is 0. The van der Waals surface area contributed by atoms with Gasteiger partial charge >= 0.3 is 11.9 Å². The fourth-order valence-electron chi connectivity index (χ4n) is 2.32. The van der Waals surface area contributed by atoms with Gasteiger partial charge in [0, 0.05) is 5.02 Å². The number of esters is 2. The first kappa shape index (κ1) is 21.3. The van der Waals surface area contributed by atoms with Gasteiger partial charge in [-0.05, 0) is 45.0 Å². The third kappa shape index (κ3) is 5.26. The minimum atomic E-state index is -0.809. The minimum Gasteiger partial charge on any atom is -0.484 e. The van der Waals surface area contributed by atoms with E-state index in [-0.39, 0.29) is 42.6 Å². The number of hydrogen-bond donors (Lipinski definition) is 1. The number of amides is 1. The van der Waals surface area contributed by atoms with Gasteiger partial charge in [0.15, 0.2) is 6.61 Å². The molecule has 9 heteroatoms. The number of ether oxygens (including phenoxy) is 3. The van der Waals surface area contributed by atoms with Crippen molar-refractivity contribution in [2.24, 2.45) is 0 Å². The number of carbonyl (C=O) groups is 3. The van der Waals surface area contributed by atoms with Gasteiger partial charge in [0.25, 0.3) is 5.91 Å². The second kappa shape index (κ2) is 9.80. The molecule has 2 rings (SSSR count). The molecule has 28 heavy (non-hydrogen) atoms. The van der Waals surface area contributed by atoms with Crippen molar-refractivity contribution in [2.45, 2.75) is 20.8 Å². The van der Waals surface area contributed by atoms with Crippen LogP contribution in [0.1, 0.15) is 40.3 Å². The van der Waals surface area contributed by atoms with E-state index in [0.717, 1.165) is 0 Å². The van der Waals surface area contributed by atoms with Crippen molar-refractivity contribution >= 4 is 35.3 Å². The second-order valence-corrected chi connectivity index (χ2v) is 5.91. The van der Waals surface area contributed by atoms with E-state index >= 15 is 0 Å². The molecule has 1 heterocycles. The first-order valence-electron chi connectivity index (χ1n) is 8.53. The smallest absolute Gasteiger partial charge is 0.344 e. The van der Waals surface area contributed by atoms with Gasteiger partial charge in [-0.15, -0.1) is 0 Å². The molecule has 0 saturated heterocycles. The lowest BCUT2D eigenvalue weighted by atomic mass is 10.1. The SMILES string of the molecule is CCOC(=O)c1c(C)oc(NC(=O)COc2ccc(Cl)cc2)c1C(=O)OCC. The molecule has 0 atom stereocenters. The minimum absolute atomic E-state index is 0.0817. The number of hydrogen-bond acceptors (Lipinski definition) is 7. The van der Waals surface area contributed by atoms with Gasteiger partial charge in [0.2, 0.25) is 5.88 Å². The van der Waals surface area contributed by atoms with Crippen molar-refractivity contribution in [3.8, 4) is 5.75 Å². The maximum atomic E-state index is 12.3.